The first kappa shape index (κ1) is 37.1. The molecular weight excluding hydrogens is 648 g/mol. The number of benzene rings is 2. The Labute approximate surface area is 313 Å². The van der Waals surface area contributed by atoms with Gasteiger partial charge in [-0.15, -0.1) is 0 Å². The molecule has 0 radical (unpaired) electrons. The van der Waals surface area contributed by atoms with E-state index in [-0.39, 0.29) is 33.9 Å². The normalized spacial score (nSPS) is 34.5. The van der Waals surface area contributed by atoms with Gasteiger partial charge in [-0.05, 0) is 84.2 Å². The highest BCUT2D eigenvalue weighted by atomic mass is 16.5. The van der Waals surface area contributed by atoms with Gasteiger partial charge in [0.2, 0.25) is 0 Å². The van der Waals surface area contributed by atoms with Gasteiger partial charge in [0.25, 0.3) is 0 Å². The summed E-state index contributed by atoms with van der Waals surface area (Å²) in [6.07, 6.45) is 15.3. The topological polar surface area (TPSA) is 55.4 Å². The Morgan fingerprint density at radius 1 is 0.519 bits per heavy atom. The highest BCUT2D eigenvalue weighted by molar-refractivity contribution is 5.57. The quantitative estimate of drug-likeness (QED) is 0.294. The number of hydrogen-bond acceptors (Lipinski definition) is 6. The molecule has 2 fully saturated rings. The molecule has 6 heteroatoms. The number of fused-ring (bicyclic) bond motifs is 10. The minimum atomic E-state index is 0.141. The van der Waals surface area contributed by atoms with Gasteiger partial charge in [0.05, 0.1) is 28.4 Å². The first-order chi connectivity index (χ1) is 24.6. The molecule has 2 heterocycles. The molecule has 8 rings (SSSR count). The van der Waals surface area contributed by atoms with Crippen LogP contribution in [0, 0.1) is 33.5 Å². The lowest BCUT2D eigenvalue weighted by molar-refractivity contribution is 0.0779. The van der Waals surface area contributed by atoms with E-state index < -0.39 is 0 Å². The van der Waals surface area contributed by atoms with E-state index in [1.165, 1.54) is 49.7 Å². The third kappa shape index (κ3) is 5.72. The molecule has 6 aliphatic rings. The summed E-state index contributed by atoms with van der Waals surface area (Å²) in [6.45, 7) is 19.3. The Kier molecular flexibility index (Phi) is 9.43. The van der Waals surface area contributed by atoms with Crippen molar-refractivity contribution in [3.05, 3.63) is 58.7 Å². The highest BCUT2D eigenvalue weighted by Crippen LogP contribution is 2.65. The van der Waals surface area contributed by atoms with Crippen LogP contribution >= 0.6 is 0 Å². The van der Waals surface area contributed by atoms with E-state index >= 15 is 0 Å². The maximum atomic E-state index is 6.56. The van der Waals surface area contributed by atoms with Crippen LogP contribution in [-0.4, -0.2) is 40.6 Å². The van der Waals surface area contributed by atoms with Gasteiger partial charge in [-0.3, -0.25) is 0 Å². The monoisotopic (exact) mass is 712 g/mol. The van der Waals surface area contributed by atoms with Crippen molar-refractivity contribution < 1.29 is 28.4 Å². The standard InChI is InChI=1S/2C23H32O3/c2*1-14-8-9-19-22(2,3)10-7-11-23(19,4)20-15-12-17(24-5)18(25-6)13-16(15)26-21(14)20/h2*9,12-14,20-21H,7-8,10-11H2,1-6H3/t2*14-,20+,21+,23+/m10/s1. The third-order valence-corrected chi connectivity index (χ3v) is 14.5. The molecule has 8 atom stereocenters. The van der Waals surface area contributed by atoms with Crippen LogP contribution in [0.2, 0.25) is 0 Å². The van der Waals surface area contributed by atoms with Crippen molar-refractivity contribution in [1.29, 1.82) is 0 Å². The Hall–Kier alpha value is -3.28. The van der Waals surface area contributed by atoms with Crippen LogP contribution in [0.5, 0.6) is 34.5 Å². The van der Waals surface area contributed by atoms with Gasteiger partial charge in [0, 0.05) is 35.1 Å². The van der Waals surface area contributed by atoms with Crippen molar-refractivity contribution in [2.75, 3.05) is 28.4 Å². The molecule has 0 unspecified atom stereocenters. The molecular formula is C46H64O6. The van der Waals surface area contributed by atoms with Crippen LogP contribution in [0.3, 0.4) is 0 Å². The maximum absolute atomic E-state index is 6.56. The van der Waals surface area contributed by atoms with Crippen LogP contribution < -0.4 is 28.4 Å². The molecule has 0 spiro atoms. The van der Waals surface area contributed by atoms with Gasteiger partial charge in [-0.1, -0.05) is 91.5 Å². The first-order valence-electron chi connectivity index (χ1n) is 19.9. The zero-order valence-corrected chi connectivity index (χ0v) is 34.0. The summed E-state index contributed by atoms with van der Waals surface area (Å²) in [7, 11) is 6.80. The van der Waals surface area contributed by atoms with Gasteiger partial charge in [-0.25, -0.2) is 0 Å². The van der Waals surface area contributed by atoms with Gasteiger partial charge in [0.15, 0.2) is 23.0 Å². The molecule has 0 amide bonds. The molecule has 2 aliphatic heterocycles. The number of ether oxygens (including phenoxy) is 6. The van der Waals surface area contributed by atoms with Crippen molar-refractivity contribution in [3.8, 4) is 34.5 Å². The van der Waals surface area contributed by atoms with Crippen molar-refractivity contribution in [3.63, 3.8) is 0 Å². The molecule has 0 N–H and O–H groups in total. The van der Waals surface area contributed by atoms with E-state index in [1.807, 2.05) is 12.1 Å². The smallest absolute Gasteiger partial charge is 0.164 e. The summed E-state index contributed by atoms with van der Waals surface area (Å²) in [5, 5.41) is 0. The largest absolute Gasteiger partial charge is 0.493 e. The number of allylic oxidation sites excluding steroid dienone is 4. The van der Waals surface area contributed by atoms with Crippen LogP contribution in [0.1, 0.15) is 130 Å². The lowest BCUT2D eigenvalue weighted by Crippen LogP contribution is -2.42. The highest BCUT2D eigenvalue weighted by Gasteiger charge is 2.57. The van der Waals surface area contributed by atoms with E-state index in [4.69, 9.17) is 28.4 Å². The Morgan fingerprint density at radius 3 is 1.21 bits per heavy atom. The van der Waals surface area contributed by atoms with Crippen LogP contribution in [-0.2, 0) is 0 Å². The molecule has 0 aromatic heterocycles. The van der Waals surface area contributed by atoms with E-state index in [0.29, 0.717) is 23.7 Å². The van der Waals surface area contributed by atoms with Crippen LogP contribution in [0.25, 0.3) is 0 Å². The predicted octanol–water partition coefficient (Wildman–Crippen LogP) is 11.5. The zero-order chi connectivity index (χ0) is 37.4. The molecule has 284 valence electrons. The van der Waals surface area contributed by atoms with Gasteiger partial charge in [-0.2, -0.15) is 0 Å². The Morgan fingerprint density at radius 2 is 0.865 bits per heavy atom. The lowest BCUT2D eigenvalue weighted by Gasteiger charge is -2.49. The van der Waals surface area contributed by atoms with Crippen molar-refractivity contribution in [2.45, 2.75) is 131 Å². The first-order valence-corrected chi connectivity index (χ1v) is 19.9. The molecule has 2 saturated carbocycles. The number of hydrogen-bond donors (Lipinski definition) is 0. The molecule has 0 saturated heterocycles. The summed E-state index contributed by atoms with van der Waals surface area (Å²) >= 11 is 0. The molecule has 6 nitrogen and oxygen atoms in total. The van der Waals surface area contributed by atoms with Gasteiger partial charge >= 0.3 is 0 Å². The molecule has 52 heavy (non-hydrogen) atoms. The van der Waals surface area contributed by atoms with E-state index in [0.717, 1.165) is 47.3 Å². The summed E-state index contributed by atoms with van der Waals surface area (Å²) in [5.41, 5.74) is 6.69. The lowest BCUT2D eigenvalue weighted by atomic mass is 9.54. The van der Waals surface area contributed by atoms with E-state index in [2.05, 4.69) is 79.7 Å². The van der Waals surface area contributed by atoms with Gasteiger partial charge in [0.1, 0.15) is 23.7 Å². The Bertz CT molecular complexity index is 1620. The predicted molar refractivity (Wildman–Crippen MR) is 209 cm³/mol. The fraction of sp³-hybridized carbons (Fsp3) is 0.652. The van der Waals surface area contributed by atoms with E-state index in [9.17, 15) is 0 Å². The summed E-state index contributed by atoms with van der Waals surface area (Å²) in [4.78, 5) is 0. The third-order valence-electron chi connectivity index (χ3n) is 14.5. The molecule has 2 aromatic carbocycles. The van der Waals surface area contributed by atoms with Crippen molar-refractivity contribution in [2.24, 2.45) is 33.5 Å². The average molecular weight is 713 g/mol. The molecule has 4 aliphatic carbocycles. The summed E-state index contributed by atoms with van der Waals surface area (Å²) < 4.78 is 35.4. The molecule has 2 aromatic rings. The number of rotatable bonds is 4. The Balaban J connectivity index is 0.000000162. The second kappa shape index (κ2) is 13.2. The van der Waals surface area contributed by atoms with E-state index in [1.54, 1.807) is 39.6 Å². The minimum Gasteiger partial charge on any atom is -0.493 e. The molecule has 0 bridgehead atoms. The van der Waals surface area contributed by atoms with Crippen molar-refractivity contribution in [1.82, 2.24) is 0 Å². The van der Waals surface area contributed by atoms with Crippen LogP contribution in [0.4, 0.5) is 0 Å². The average Bonchev–Trinajstić information content (AvgIpc) is 3.62. The summed E-state index contributed by atoms with van der Waals surface area (Å²) in [5.74, 6) is 6.81. The summed E-state index contributed by atoms with van der Waals surface area (Å²) in [6, 6.07) is 8.38. The maximum Gasteiger partial charge on any atom is 0.164 e. The second-order valence-electron chi connectivity index (χ2n) is 18.6. The fourth-order valence-electron chi connectivity index (χ4n) is 11.9. The van der Waals surface area contributed by atoms with Crippen molar-refractivity contribution >= 4 is 0 Å². The zero-order valence-electron chi connectivity index (χ0n) is 34.0. The SMILES string of the molecule is COc1cc2c(cc1OC)[C@@H]1[C@H](O2)[C@@H](C)CC=C2C(C)(C)CCC[C@]21C.COc1cc2c(cc1OC)[C@H]1[C@@H](O2)[C@H](C)CC=C2C(C)(C)CCC[C@@]21C. The van der Waals surface area contributed by atoms with Crippen LogP contribution in [0.15, 0.2) is 47.6 Å². The fourth-order valence-corrected chi connectivity index (χ4v) is 11.9. The van der Waals surface area contributed by atoms with Gasteiger partial charge < -0.3 is 28.4 Å². The second-order valence-corrected chi connectivity index (χ2v) is 18.6. The minimum absolute atomic E-state index is 0.141. The number of methoxy groups -OCH3 is 4.